The Morgan fingerprint density at radius 2 is 1.94 bits per heavy atom. The molecule has 1 aromatic carbocycles. The van der Waals surface area contributed by atoms with E-state index in [1.165, 1.54) is 21.7 Å². The molecule has 2 heterocycles. The van der Waals surface area contributed by atoms with Crippen molar-refractivity contribution < 1.29 is 27.1 Å². The van der Waals surface area contributed by atoms with Gasteiger partial charge >= 0.3 is 5.97 Å². The maximum absolute atomic E-state index is 13.3. The maximum atomic E-state index is 13.3. The average molecular weight is 490 g/mol. The number of thiophene rings is 1. The number of esters is 1. The fourth-order valence-corrected chi connectivity index (χ4v) is 5.54. The first-order chi connectivity index (χ1) is 14.7. The summed E-state index contributed by atoms with van der Waals surface area (Å²) in [4.78, 5) is 26.1. The van der Waals surface area contributed by atoms with Crippen LogP contribution in [-0.4, -0.2) is 68.8 Å². The van der Waals surface area contributed by atoms with Crippen LogP contribution in [0.15, 0.2) is 34.5 Å². The number of amides is 1. The molecule has 1 saturated heterocycles. The molecule has 0 aliphatic carbocycles. The van der Waals surface area contributed by atoms with Crippen LogP contribution >= 0.6 is 22.9 Å². The fraction of sp³-hybridized carbons (Fsp3) is 0.368. The van der Waals surface area contributed by atoms with Crippen LogP contribution in [0, 0.1) is 5.82 Å². The Balaban J connectivity index is 1.55. The van der Waals surface area contributed by atoms with Crippen molar-refractivity contribution in [3.05, 3.63) is 46.0 Å². The summed E-state index contributed by atoms with van der Waals surface area (Å²) in [5, 5.41) is 4.56. The smallest absolute Gasteiger partial charge is 0.341 e. The summed E-state index contributed by atoms with van der Waals surface area (Å²) in [6.07, 6.45) is 0. The standard InChI is InChI=1S/C19H21ClFN3O5S2/c1-2-29-19(26)14-5-10-30-18(14)22-17(25)12-23-6-8-24(9-7-23)31(27,28)13-3-4-16(21)15(20)11-13/h3-5,10-11H,2,6-9,12H2,1H3,(H,22,25). The summed E-state index contributed by atoms with van der Waals surface area (Å²) in [7, 11) is -3.81. The third-order valence-corrected chi connectivity index (χ3v) is 7.65. The van der Waals surface area contributed by atoms with Crippen LogP contribution in [0.2, 0.25) is 5.02 Å². The van der Waals surface area contributed by atoms with Crippen LogP contribution in [0.4, 0.5) is 9.39 Å². The van der Waals surface area contributed by atoms with Gasteiger partial charge in [-0.1, -0.05) is 11.6 Å². The second kappa shape index (κ2) is 10.0. The highest BCUT2D eigenvalue weighted by Crippen LogP contribution is 2.25. The number of carbonyl (C=O) groups is 2. The van der Waals surface area contributed by atoms with Gasteiger partial charge in [-0.05, 0) is 36.6 Å². The third kappa shape index (κ3) is 5.60. The van der Waals surface area contributed by atoms with Crippen LogP contribution in [0.3, 0.4) is 0 Å². The van der Waals surface area contributed by atoms with Crippen molar-refractivity contribution in [1.82, 2.24) is 9.21 Å². The van der Waals surface area contributed by atoms with Crippen molar-refractivity contribution in [1.29, 1.82) is 0 Å². The Bertz CT molecular complexity index is 1070. The zero-order chi connectivity index (χ0) is 22.6. The summed E-state index contributed by atoms with van der Waals surface area (Å²) in [6, 6.07) is 4.88. The van der Waals surface area contributed by atoms with E-state index < -0.39 is 21.8 Å². The Hall–Kier alpha value is -2.05. The number of rotatable bonds is 7. The number of hydrogen-bond donors (Lipinski definition) is 1. The van der Waals surface area contributed by atoms with Gasteiger partial charge in [0, 0.05) is 26.2 Å². The number of ether oxygens (including phenoxy) is 1. The van der Waals surface area contributed by atoms with Crippen molar-refractivity contribution >= 4 is 49.8 Å². The quantitative estimate of drug-likeness (QED) is 0.601. The number of nitrogens with one attached hydrogen (secondary N) is 1. The number of carbonyl (C=O) groups excluding carboxylic acids is 2. The molecular weight excluding hydrogens is 469 g/mol. The minimum atomic E-state index is -3.81. The zero-order valence-electron chi connectivity index (χ0n) is 16.6. The highest BCUT2D eigenvalue weighted by atomic mass is 35.5. The molecule has 1 aliphatic rings. The van der Waals surface area contributed by atoms with E-state index in [2.05, 4.69) is 5.32 Å². The summed E-state index contributed by atoms with van der Waals surface area (Å²) in [5.74, 6) is -1.50. The molecular formula is C19H21ClFN3O5S2. The van der Waals surface area contributed by atoms with Gasteiger partial charge in [0.25, 0.3) is 0 Å². The van der Waals surface area contributed by atoms with Crippen LogP contribution in [0.1, 0.15) is 17.3 Å². The predicted molar refractivity (Wildman–Crippen MR) is 116 cm³/mol. The second-order valence-corrected chi connectivity index (χ2v) is 9.95. The van der Waals surface area contributed by atoms with Gasteiger partial charge in [-0.3, -0.25) is 9.69 Å². The summed E-state index contributed by atoms with van der Waals surface area (Å²) in [6.45, 7) is 3.03. The predicted octanol–water partition coefficient (Wildman–Crippen LogP) is 2.66. The minimum Gasteiger partial charge on any atom is -0.462 e. The number of anilines is 1. The van der Waals surface area contributed by atoms with E-state index in [0.29, 0.717) is 23.7 Å². The van der Waals surface area contributed by atoms with E-state index in [1.807, 2.05) is 4.90 Å². The maximum Gasteiger partial charge on any atom is 0.341 e. The van der Waals surface area contributed by atoms with Gasteiger partial charge in [-0.2, -0.15) is 4.31 Å². The molecule has 0 radical (unpaired) electrons. The van der Waals surface area contributed by atoms with Crippen LogP contribution in [0.25, 0.3) is 0 Å². The average Bonchev–Trinajstić information content (AvgIpc) is 3.18. The van der Waals surface area contributed by atoms with Crippen molar-refractivity contribution in [3.63, 3.8) is 0 Å². The fourth-order valence-electron chi connectivity index (χ4n) is 3.06. The van der Waals surface area contributed by atoms with Gasteiger partial charge in [-0.15, -0.1) is 11.3 Å². The normalized spacial score (nSPS) is 15.6. The highest BCUT2D eigenvalue weighted by Gasteiger charge is 2.29. The van der Waals surface area contributed by atoms with E-state index >= 15 is 0 Å². The molecule has 0 bridgehead atoms. The van der Waals surface area contributed by atoms with E-state index in [0.717, 1.165) is 12.1 Å². The topological polar surface area (TPSA) is 96.0 Å². The van der Waals surface area contributed by atoms with Gasteiger partial charge in [0.15, 0.2) is 0 Å². The van der Waals surface area contributed by atoms with Gasteiger partial charge in [0.2, 0.25) is 15.9 Å². The van der Waals surface area contributed by atoms with E-state index in [9.17, 15) is 22.4 Å². The monoisotopic (exact) mass is 489 g/mol. The molecule has 1 N–H and O–H groups in total. The lowest BCUT2D eigenvalue weighted by Crippen LogP contribution is -2.50. The van der Waals surface area contributed by atoms with Crippen molar-refractivity contribution in [2.75, 3.05) is 44.6 Å². The van der Waals surface area contributed by atoms with Crippen LogP contribution < -0.4 is 5.32 Å². The summed E-state index contributed by atoms with van der Waals surface area (Å²) >= 11 is 6.93. The van der Waals surface area contributed by atoms with E-state index in [4.69, 9.17) is 16.3 Å². The van der Waals surface area contributed by atoms with Crippen molar-refractivity contribution in [2.24, 2.45) is 0 Å². The van der Waals surface area contributed by atoms with Crippen LogP contribution in [0.5, 0.6) is 0 Å². The number of piperazine rings is 1. The third-order valence-electron chi connectivity index (χ3n) is 4.64. The molecule has 0 atom stereocenters. The van der Waals surface area contributed by atoms with Crippen LogP contribution in [-0.2, 0) is 19.6 Å². The first kappa shape index (κ1) is 23.6. The molecule has 12 heteroatoms. The van der Waals surface area contributed by atoms with Gasteiger partial charge in [0.05, 0.1) is 28.6 Å². The highest BCUT2D eigenvalue weighted by molar-refractivity contribution is 7.89. The van der Waals surface area contributed by atoms with Gasteiger partial charge in [-0.25, -0.2) is 17.6 Å². The molecule has 0 unspecified atom stereocenters. The Labute approximate surface area is 188 Å². The Morgan fingerprint density at radius 3 is 2.58 bits per heavy atom. The van der Waals surface area contributed by atoms with E-state index in [-0.39, 0.29) is 42.1 Å². The summed E-state index contributed by atoms with van der Waals surface area (Å²) < 4.78 is 45.1. The zero-order valence-corrected chi connectivity index (χ0v) is 19.0. The molecule has 31 heavy (non-hydrogen) atoms. The lowest BCUT2D eigenvalue weighted by molar-refractivity contribution is -0.117. The second-order valence-electron chi connectivity index (χ2n) is 6.69. The molecule has 0 saturated carbocycles. The number of benzene rings is 1. The molecule has 1 amide bonds. The van der Waals surface area contributed by atoms with Gasteiger partial charge in [0.1, 0.15) is 10.8 Å². The van der Waals surface area contributed by atoms with Crippen molar-refractivity contribution in [3.8, 4) is 0 Å². The molecule has 1 aromatic heterocycles. The Kier molecular flexibility index (Phi) is 7.65. The molecule has 0 spiro atoms. The Morgan fingerprint density at radius 1 is 1.23 bits per heavy atom. The molecule has 1 aliphatic heterocycles. The number of hydrogen-bond acceptors (Lipinski definition) is 7. The lowest BCUT2D eigenvalue weighted by atomic mass is 10.3. The first-order valence-electron chi connectivity index (χ1n) is 9.44. The number of sulfonamides is 1. The number of halogens is 2. The molecule has 3 rings (SSSR count). The van der Waals surface area contributed by atoms with Crippen molar-refractivity contribution in [2.45, 2.75) is 11.8 Å². The number of nitrogens with zero attached hydrogens (tertiary/aromatic N) is 2. The molecule has 8 nitrogen and oxygen atoms in total. The molecule has 168 valence electrons. The first-order valence-corrected chi connectivity index (χ1v) is 12.1. The largest absolute Gasteiger partial charge is 0.462 e. The molecule has 2 aromatic rings. The minimum absolute atomic E-state index is 0.0520. The SMILES string of the molecule is CCOC(=O)c1ccsc1NC(=O)CN1CCN(S(=O)(=O)c2ccc(F)c(Cl)c2)CC1. The summed E-state index contributed by atoms with van der Waals surface area (Å²) in [5.41, 5.74) is 0.300. The lowest BCUT2D eigenvalue weighted by Gasteiger charge is -2.33. The molecule has 1 fully saturated rings. The van der Waals surface area contributed by atoms with E-state index in [1.54, 1.807) is 18.4 Å². The van der Waals surface area contributed by atoms with Gasteiger partial charge < -0.3 is 10.1 Å².